The number of nitrogens with one attached hydrogen (secondary N) is 2. The van der Waals surface area contributed by atoms with Crippen LogP contribution >= 0.6 is 0 Å². The van der Waals surface area contributed by atoms with Gasteiger partial charge in [0.2, 0.25) is 5.82 Å². The lowest BCUT2D eigenvalue weighted by Crippen LogP contribution is -2.34. The monoisotopic (exact) mass is 364 g/mol. The number of aromatic nitrogens is 2. The first-order valence-electron chi connectivity index (χ1n) is 8.57. The third-order valence-electron chi connectivity index (χ3n) is 3.87. The van der Waals surface area contributed by atoms with Gasteiger partial charge in [0.25, 0.3) is 5.91 Å². The summed E-state index contributed by atoms with van der Waals surface area (Å²) in [5, 5.41) is 9.23. The Balaban J connectivity index is 1.49. The zero-order chi connectivity index (χ0) is 19.2. The molecule has 1 heterocycles. The molecule has 7 heteroatoms. The number of rotatable bonds is 6. The molecule has 2 N–H and O–H groups in total. The molecule has 27 heavy (non-hydrogen) atoms. The van der Waals surface area contributed by atoms with E-state index in [1.807, 2.05) is 50.2 Å². The summed E-state index contributed by atoms with van der Waals surface area (Å²) in [6.45, 7) is 4.42. The highest BCUT2D eigenvalue weighted by molar-refractivity contribution is 5.94. The fraction of sp³-hybridized carbons (Fsp3) is 0.200. The maximum absolute atomic E-state index is 12.1. The van der Waals surface area contributed by atoms with E-state index in [-0.39, 0.29) is 24.9 Å². The maximum atomic E-state index is 12.1. The van der Waals surface area contributed by atoms with Crippen LogP contribution in [0.2, 0.25) is 0 Å². The molecule has 2 amide bonds. The number of aryl methyl sites for hydroxylation is 2. The lowest BCUT2D eigenvalue weighted by atomic mass is 10.1. The molecule has 138 valence electrons. The van der Waals surface area contributed by atoms with Crippen LogP contribution in [-0.4, -0.2) is 35.0 Å². The SMILES string of the molecule is Cc1cccc(C(=O)NCCNC(=O)c2nc(-c3cccc(C)c3)no2)c1. The van der Waals surface area contributed by atoms with E-state index in [0.29, 0.717) is 11.4 Å². The average molecular weight is 364 g/mol. The van der Waals surface area contributed by atoms with Gasteiger partial charge in [0.1, 0.15) is 0 Å². The fourth-order valence-corrected chi connectivity index (χ4v) is 2.53. The zero-order valence-corrected chi connectivity index (χ0v) is 15.2. The largest absolute Gasteiger partial charge is 0.350 e. The molecular weight excluding hydrogens is 344 g/mol. The Kier molecular flexibility index (Phi) is 5.61. The molecule has 0 aliphatic heterocycles. The van der Waals surface area contributed by atoms with Gasteiger partial charge in [-0.15, -0.1) is 0 Å². The third kappa shape index (κ3) is 4.78. The molecule has 0 aliphatic carbocycles. The van der Waals surface area contributed by atoms with Crippen molar-refractivity contribution in [1.82, 2.24) is 20.8 Å². The third-order valence-corrected chi connectivity index (χ3v) is 3.87. The second-order valence-electron chi connectivity index (χ2n) is 6.17. The Hall–Kier alpha value is -3.48. The smallest absolute Gasteiger partial charge is 0.316 e. The van der Waals surface area contributed by atoms with Crippen LogP contribution in [0.3, 0.4) is 0 Å². The van der Waals surface area contributed by atoms with Crippen LogP contribution in [0, 0.1) is 13.8 Å². The van der Waals surface area contributed by atoms with Crippen molar-refractivity contribution in [1.29, 1.82) is 0 Å². The summed E-state index contributed by atoms with van der Waals surface area (Å²) in [4.78, 5) is 28.2. The number of carbonyl (C=O) groups excluding carboxylic acids is 2. The second-order valence-corrected chi connectivity index (χ2v) is 6.17. The lowest BCUT2D eigenvalue weighted by Gasteiger charge is -2.06. The normalized spacial score (nSPS) is 10.4. The van der Waals surface area contributed by atoms with E-state index < -0.39 is 5.91 Å². The van der Waals surface area contributed by atoms with Gasteiger partial charge in [-0.1, -0.05) is 46.6 Å². The van der Waals surface area contributed by atoms with Crippen molar-refractivity contribution in [2.75, 3.05) is 13.1 Å². The number of hydrogen-bond acceptors (Lipinski definition) is 5. The van der Waals surface area contributed by atoms with Crippen LogP contribution in [0.15, 0.2) is 53.1 Å². The van der Waals surface area contributed by atoms with E-state index in [2.05, 4.69) is 20.8 Å². The first-order chi connectivity index (χ1) is 13.0. The van der Waals surface area contributed by atoms with E-state index in [0.717, 1.165) is 16.7 Å². The summed E-state index contributed by atoms with van der Waals surface area (Å²) in [6.07, 6.45) is 0. The first kappa shape index (κ1) is 18.3. The Morgan fingerprint density at radius 2 is 1.59 bits per heavy atom. The van der Waals surface area contributed by atoms with Crippen LogP contribution < -0.4 is 10.6 Å². The number of benzene rings is 2. The summed E-state index contributed by atoms with van der Waals surface area (Å²) in [7, 11) is 0. The highest BCUT2D eigenvalue weighted by Gasteiger charge is 2.15. The van der Waals surface area contributed by atoms with Crippen LogP contribution in [0.4, 0.5) is 0 Å². The summed E-state index contributed by atoms with van der Waals surface area (Å²) in [5.41, 5.74) is 3.44. The van der Waals surface area contributed by atoms with Crippen molar-refractivity contribution in [3.63, 3.8) is 0 Å². The van der Waals surface area contributed by atoms with E-state index >= 15 is 0 Å². The predicted octanol–water partition coefficient (Wildman–Crippen LogP) is 2.51. The molecule has 3 aromatic rings. The van der Waals surface area contributed by atoms with E-state index in [1.165, 1.54) is 0 Å². The molecule has 0 spiro atoms. The molecule has 0 bridgehead atoms. The van der Waals surface area contributed by atoms with Crippen molar-refractivity contribution >= 4 is 11.8 Å². The van der Waals surface area contributed by atoms with Crippen molar-refractivity contribution in [3.05, 3.63) is 71.1 Å². The lowest BCUT2D eigenvalue weighted by molar-refractivity contribution is 0.0898. The van der Waals surface area contributed by atoms with E-state index in [9.17, 15) is 9.59 Å². The molecule has 0 unspecified atom stereocenters. The van der Waals surface area contributed by atoms with Gasteiger partial charge in [-0.2, -0.15) is 4.98 Å². The highest BCUT2D eigenvalue weighted by Crippen LogP contribution is 2.16. The second kappa shape index (κ2) is 8.27. The Labute approximate surface area is 156 Å². The summed E-state index contributed by atoms with van der Waals surface area (Å²) >= 11 is 0. The van der Waals surface area contributed by atoms with Gasteiger partial charge in [-0.3, -0.25) is 9.59 Å². The van der Waals surface area contributed by atoms with E-state index in [4.69, 9.17) is 4.52 Å². The van der Waals surface area contributed by atoms with Crippen LogP contribution in [0.1, 0.15) is 32.2 Å². The van der Waals surface area contributed by atoms with Gasteiger partial charge < -0.3 is 15.2 Å². The van der Waals surface area contributed by atoms with Gasteiger partial charge in [-0.05, 0) is 32.0 Å². The predicted molar refractivity (Wildman–Crippen MR) is 100 cm³/mol. The molecule has 0 aliphatic rings. The molecule has 1 aromatic heterocycles. The zero-order valence-electron chi connectivity index (χ0n) is 15.2. The molecule has 0 fully saturated rings. The Morgan fingerprint density at radius 3 is 2.30 bits per heavy atom. The van der Waals surface area contributed by atoms with Crippen LogP contribution in [0.25, 0.3) is 11.4 Å². The van der Waals surface area contributed by atoms with Crippen molar-refractivity contribution in [2.24, 2.45) is 0 Å². The first-order valence-corrected chi connectivity index (χ1v) is 8.57. The molecule has 0 atom stereocenters. The molecular formula is C20H20N4O3. The minimum Gasteiger partial charge on any atom is -0.350 e. The Morgan fingerprint density at radius 1 is 0.926 bits per heavy atom. The quantitative estimate of drug-likeness (QED) is 0.655. The topological polar surface area (TPSA) is 97.1 Å². The van der Waals surface area contributed by atoms with Crippen LogP contribution in [-0.2, 0) is 0 Å². The van der Waals surface area contributed by atoms with Gasteiger partial charge in [0.05, 0.1) is 0 Å². The van der Waals surface area contributed by atoms with Gasteiger partial charge in [0, 0.05) is 24.2 Å². The van der Waals surface area contributed by atoms with E-state index in [1.54, 1.807) is 12.1 Å². The standard InChI is InChI=1S/C20H20N4O3/c1-13-5-3-7-15(11-13)17-23-20(27-24-17)19(26)22-10-9-21-18(25)16-8-4-6-14(2)12-16/h3-8,11-12H,9-10H2,1-2H3,(H,21,25)(H,22,26). The average Bonchev–Trinajstić information content (AvgIpc) is 3.15. The maximum Gasteiger partial charge on any atom is 0.316 e. The number of hydrogen-bond donors (Lipinski definition) is 2. The summed E-state index contributed by atoms with van der Waals surface area (Å²) < 4.78 is 5.02. The van der Waals surface area contributed by atoms with Crippen molar-refractivity contribution < 1.29 is 14.1 Å². The number of nitrogens with zero attached hydrogens (tertiary/aromatic N) is 2. The van der Waals surface area contributed by atoms with Gasteiger partial charge in [0.15, 0.2) is 0 Å². The minimum absolute atomic E-state index is 0.114. The fourth-order valence-electron chi connectivity index (χ4n) is 2.53. The molecule has 3 rings (SSSR count). The minimum atomic E-state index is -0.480. The highest BCUT2D eigenvalue weighted by atomic mass is 16.5. The number of amides is 2. The molecule has 2 aromatic carbocycles. The van der Waals surface area contributed by atoms with Gasteiger partial charge >= 0.3 is 11.8 Å². The Bertz CT molecular complexity index is 965. The van der Waals surface area contributed by atoms with Gasteiger partial charge in [-0.25, -0.2) is 0 Å². The van der Waals surface area contributed by atoms with Crippen molar-refractivity contribution in [2.45, 2.75) is 13.8 Å². The molecule has 7 nitrogen and oxygen atoms in total. The number of carbonyl (C=O) groups is 2. The van der Waals surface area contributed by atoms with Crippen LogP contribution in [0.5, 0.6) is 0 Å². The molecule has 0 saturated heterocycles. The molecule has 0 radical (unpaired) electrons. The summed E-state index contributed by atoms with van der Waals surface area (Å²) in [5.74, 6) is -0.424. The summed E-state index contributed by atoms with van der Waals surface area (Å²) in [6, 6.07) is 14.9. The molecule has 0 saturated carbocycles. The van der Waals surface area contributed by atoms with Crippen molar-refractivity contribution in [3.8, 4) is 11.4 Å².